The highest BCUT2D eigenvalue weighted by molar-refractivity contribution is 5.91. The van der Waals surface area contributed by atoms with E-state index < -0.39 is 0 Å². The van der Waals surface area contributed by atoms with Crippen LogP contribution in [0.15, 0.2) is 23.1 Å². The molecule has 5 heteroatoms. The number of fused-ring (bicyclic) bond motifs is 3. The molecule has 0 bridgehead atoms. The molecular formula is C13H14N4O. The quantitative estimate of drug-likeness (QED) is 0.744. The van der Waals surface area contributed by atoms with Crippen molar-refractivity contribution >= 4 is 16.6 Å². The molecule has 0 atom stereocenters. The summed E-state index contributed by atoms with van der Waals surface area (Å²) in [6.45, 7) is 4.21. The number of rotatable bonds is 2. The Labute approximate surface area is 103 Å². The second kappa shape index (κ2) is 3.94. The summed E-state index contributed by atoms with van der Waals surface area (Å²) < 4.78 is 1.64. The highest BCUT2D eigenvalue weighted by Gasteiger charge is 2.09. The minimum atomic E-state index is -0.333. The van der Waals surface area contributed by atoms with Crippen molar-refractivity contribution in [2.24, 2.45) is 0 Å². The molecule has 0 aliphatic carbocycles. The van der Waals surface area contributed by atoms with E-state index in [2.05, 4.69) is 35.0 Å². The van der Waals surface area contributed by atoms with Crippen molar-refractivity contribution in [3.8, 4) is 0 Å². The van der Waals surface area contributed by atoms with Crippen LogP contribution >= 0.6 is 0 Å². The lowest BCUT2D eigenvalue weighted by molar-refractivity contribution is 0.934. The second-order valence-electron chi connectivity index (χ2n) is 4.27. The van der Waals surface area contributed by atoms with E-state index in [1.54, 1.807) is 10.7 Å². The Bertz CT molecular complexity index is 785. The number of hydrogen-bond donors (Lipinski definition) is 1. The summed E-state index contributed by atoms with van der Waals surface area (Å²) in [5.41, 5.74) is 3.53. The number of aromatic nitrogens is 4. The molecule has 0 aliphatic rings. The van der Waals surface area contributed by atoms with Crippen LogP contribution in [0.25, 0.3) is 16.6 Å². The molecule has 0 unspecified atom stereocenters. The van der Waals surface area contributed by atoms with Gasteiger partial charge in [0.25, 0.3) is 0 Å². The minimum Gasteiger partial charge on any atom is -0.252 e. The number of aromatic amines is 1. The molecule has 3 rings (SSSR count). The van der Waals surface area contributed by atoms with E-state index in [4.69, 9.17) is 0 Å². The molecule has 0 amide bonds. The Morgan fingerprint density at radius 2 is 2.11 bits per heavy atom. The van der Waals surface area contributed by atoms with Gasteiger partial charge in [-0.15, -0.1) is 0 Å². The zero-order chi connectivity index (χ0) is 12.7. The molecule has 3 aromatic rings. The van der Waals surface area contributed by atoms with Gasteiger partial charge in [-0.1, -0.05) is 13.8 Å². The van der Waals surface area contributed by atoms with Crippen LogP contribution in [0.2, 0.25) is 0 Å². The fraction of sp³-hybridized carbons (Fsp3) is 0.308. The largest absolute Gasteiger partial charge is 0.362 e. The van der Waals surface area contributed by atoms with Gasteiger partial charge in [0.05, 0.1) is 5.52 Å². The van der Waals surface area contributed by atoms with Crippen molar-refractivity contribution in [3.05, 3.63) is 40.1 Å². The average Bonchev–Trinajstić information content (AvgIpc) is 2.77. The molecule has 3 heterocycles. The first-order valence-electron chi connectivity index (χ1n) is 6.12. The molecule has 0 aliphatic heterocycles. The first-order valence-corrected chi connectivity index (χ1v) is 6.12. The average molecular weight is 242 g/mol. The highest BCUT2D eigenvalue weighted by Crippen LogP contribution is 2.20. The summed E-state index contributed by atoms with van der Waals surface area (Å²) in [6.07, 6.45) is 3.63. The first kappa shape index (κ1) is 11.0. The number of hydrogen-bond acceptors (Lipinski definition) is 3. The molecule has 92 valence electrons. The molecule has 0 radical (unpaired) electrons. The molecule has 0 saturated carbocycles. The van der Waals surface area contributed by atoms with Gasteiger partial charge >= 0.3 is 5.69 Å². The number of H-pyrrole nitrogens is 1. The van der Waals surface area contributed by atoms with Gasteiger partial charge in [0.2, 0.25) is 0 Å². The Hall–Kier alpha value is -2.17. The van der Waals surface area contributed by atoms with Crippen LogP contribution in [-0.4, -0.2) is 19.6 Å². The van der Waals surface area contributed by atoms with Crippen LogP contribution in [-0.2, 0) is 12.8 Å². The second-order valence-corrected chi connectivity index (χ2v) is 4.27. The smallest absolute Gasteiger partial charge is 0.252 e. The Morgan fingerprint density at radius 1 is 1.28 bits per heavy atom. The van der Waals surface area contributed by atoms with Gasteiger partial charge in [-0.05, 0) is 30.5 Å². The summed E-state index contributed by atoms with van der Waals surface area (Å²) in [5, 5.41) is 3.56. The number of pyridine rings is 2. The highest BCUT2D eigenvalue weighted by atomic mass is 16.1. The van der Waals surface area contributed by atoms with Gasteiger partial charge in [0, 0.05) is 17.3 Å². The van der Waals surface area contributed by atoms with Crippen molar-refractivity contribution in [2.45, 2.75) is 26.7 Å². The molecule has 0 spiro atoms. The van der Waals surface area contributed by atoms with E-state index in [0.717, 1.165) is 29.4 Å². The first-order chi connectivity index (χ1) is 8.72. The monoisotopic (exact) mass is 242 g/mol. The predicted molar refractivity (Wildman–Crippen MR) is 69.9 cm³/mol. The van der Waals surface area contributed by atoms with Crippen LogP contribution < -0.4 is 5.69 Å². The maximum Gasteiger partial charge on any atom is 0.362 e. The zero-order valence-corrected chi connectivity index (χ0v) is 10.4. The normalized spacial score (nSPS) is 11.4. The van der Waals surface area contributed by atoms with Crippen LogP contribution in [0.4, 0.5) is 0 Å². The number of nitrogens with one attached hydrogen (secondary N) is 1. The third-order valence-corrected chi connectivity index (χ3v) is 3.21. The Kier molecular flexibility index (Phi) is 2.40. The summed E-state index contributed by atoms with van der Waals surface area (Å²) in [6, 6.07) is 4.00. The van der Waals surface area contributed by atoms with Crippen LogP contribution in [0.5, 0.6) is 0 Å². The third kappa shape index (κ3) is 1.51. The third-order valence-electron chi connectivity index (χ3n) is 3.21. The van der Waals surface area contributed by atoms with Crippen molar-refractivity contribution in [3.63, 3.8) is 0 Å². The fourth-order valence-corrected chi connectivity index (χ4v) is 2.30. The van der Waals surface area contributed by atoms with E-state index in [1.807, 2.05) is 6.07 Å². The van der Waals surface area contributed by atoms with E-state index in [0.29, 0.717) is 5.65 Å². The topological polar surface area (TPSA) is 63.0 Å². The van der Waals surface area contributed by atoms with Gasteiger partial charge in [0.1, 0.15) is 0 Å². The van der Waals surface area contributed by atoms with Gasteiger partial charge in [-0.25, -0.2) is 14.4 Å². The molecule has 5 nitrogen and oxygen atoms in total. The van der Waals surface area contributed by atoms with E-state index in [1.165, 1.54) is 5.56 Å². The standard InChI is InChI=1S/C13H14N4O/c1-3-8-7-9-11(14-10(8)4-2)5-6-17-12(9)15-13(18)16-17/h5-7H,3-4H2,1-2H3,(H,16,18). The van der Waals surface area contributed by atoms with Crippen molar-refractivity contribution in [1.82, 2.24) is 19.6 Å². The zero-order valence-electron chi connectivity index (χ0n) is 10.4. The summed E-state index contributed by atoms with van der Waals surface area (Å²) in [4.78, 5) is 19.9. The molecule has 18 heavy (non-hydrogen) atoms. The van der Waals surface area contributed by atoms with Gasteiger partial charge in [-0.2, -0.15) is 4.98 Å². The fourth-order valence-electron chi connectivity index (χ4n) is 2.30. The summed E-state index contributed by atoms with van der Waals surface area (Å²) >= 11 is 0. The minimum absolute atomic E-state index is 0.333. The van der Waals surface area contributed by atoms with E-state index in [9.17, 15) is 4.79 Å². The number of aryl methyl sites for hydroxylation is 2. The maximum atomic E-state index is 11.3. The van der Waals surface area contributed by atoms with Crippen molar-refractivity contribution in [2.75, 3.05) is 0 Å². The Balaban J connectivity index is 2.45. The lowest BCUT2D eigenvalue weighted by Gasteiger charge is -2.07. The van der Waals surface area contributed by atoms with Crippen molar-refractivity contribution < 1.29 is 0 Å². The molecule has 0 saturated heterocycles. The SMILES string of the molecule is CCc1cc2c(ccn3[nH]c(=O)nc23)nc1CC. The lowest BCUT2D eigenvalue weighted by Crippen LogP contribution is -2.01. The van der Waals surface area contributed by atoms with Crippen LogP contribution in [0.1, 0.15) is 25.1 Å². The van der Waals surface area contributed by atoms with Gasteiger partial charge < -0.3 is 0 Å². The molecule has 0 fully saturated rings. The van der Waals surface area contributed by atoms with Gasteiger partial charge in [0.15, 0.2) is 5.65 Å². The van der Waals surface area contributed by atoms with E-state index >= 15 is 0 Å². The maximum absolute atomic E-state index is 11.3. The molecule has 3 aromatic heterocycles. The van der Waals surface area contributed by atoms with Crippen molar-refractivity contribution in [1.29, 1.82) is 0 Å². The molecule has 1 N–H and O–H groups in total. The number of nitrogens with zero attached hydrogens (tertiary/aromatic N) is 3. The summed E-state index contributed by atoms with van der Waals surface area (Å²) in [5.74, 6) is 0. The Morgan fingerprint density at radius 3 is 2.83 bits per heavy atom. The summed E-state index contributed by atoms with van der Waals surface area (Å²) in [7, 11) is 0. The van der Waals surface area contributed by atoms with Crippen LogP contribution in [0.3, 0.4) is 0 Å². The predicted octanol–water partition coefficient (Wildman–Crippen LogP) is 1.70. The molecular weight excluding hydrogens is 228 g/mol. The lowest BCUT2D eigenvalue weighted by atomic mass is 10.1. The van der Waals surface area contributed by atoms with Gasteiger partial charge in [-0.3, -0.25) is 4.98 Å². The van der Waals surface area contributed by atoms with Crippen LogP contribution in [0, 0.1) is 0 Å². The molecule has 0 aromatic carbocycles. The van der Waals surface area contributed by atoms with E-state index in [-0.39, 0.29) is 5.69 Å².